The zero-order valence-corrected chi connectivity index (χ0v) is 35.6. The first-order valence-corrected chi connectivity index (χ1v) is 22.0. The highest BCUT2D eigenvalue weighted by Gasteiger charge is 2.49. The lowest BCUT2D eigenvalue weighted by atomic mass is 9.31. The maximum absolute atomic E-state index is 16.8. The van der Waals surface area contributed by atoms with Gasteiger partial charge >= 0.3 is 0 Å². The predicted octanol–water partition coefficient (Wildman–Crippen LogP) is 11.4. The molecule has 0 saturated carbocycles. The fraction of sp³-hybridized carbons (Fsp3) is 0.111. The maximum atomic E-state index is 16.8. The smallest absolute Gasteiger partial charge is 0.249 e. The van der Waals surface area contributed by atoms with Crippen LogP contribution in [-0.2, 0) is 0 Å². The zero-order chi connectivity index (χ0) is 41.7. The van der Waals surface area contributed by atoms with Crippen LogP contribution in [0.5, 0.6) is 0 Å². The van der Waals surface area contributed by atoms with Crippen LogP contribution in [0.25, 0.3) is 33.4 Å². The van der Waals surface area contributed by atoms with Crippen LogP contribution in [0.15, 0.2) is 168 Å². The number of nitrogens with zero attached hydrogens (tertiary/aromatic N) is 2. The molecule has 0 N–H and O–H groups in total. The molecule has 0 saturated heterocycles. The van der Waals surface area contributed by atoms with Gasteiger partial charge in [0.25, 0.3) is 0 Å². The SMILES string of the molecule is CB1c2cc(C)ccc2N2c3ccc(C)cc3B3c4ccccc4Sc4c3c2c1c(N(c1c(F)cccc1F)C(C)C)c4-c1c(-c2ccccc2)cccc1-c1ccccc1. The summed E-state index contributed by atoms with van der Waals surface area (Å²) in [5.74, 6) is -1.18. The second-order valence-electron chi connectivity index (χ2n) is 17.0. The van der Waals surface area contributed by atoms with Crippen LogP contribution < -0.4 is 37.1 Å². The molecule has 61 heavy (non-hydrogen) atoms. The van der Waals surface area contributed by atoms with Crippen LogP contribution in [0.1, 0.15) is 25.0 Å². The number of para-hydroxylation sites is 1. The van der Waals surface area contributed by atoms with Crippen molar-refractivity contribution in [1.29, 1.82) is 0 Å². The van der Waals surface area contributed by atoms with Gasteiger partial charge in [-0.2, -0.15) is 0 Å². The van der Waals surface area contributed by atoms with E-state index in [9.17, 15) is 0 Å². The molecular weight excluding hydrogens is 768 g/mol. The second kappa shape index (κ2) is 14.4. The Morgan fingerprint density at radius 1 is 0.557 bits per heavy atom. The van der Waals surface area contributed by atoms with Crippen molar-refractivity contribution >= 4 is 80.9 Å². The largest absolute Gasteiger partial charge is 0.334 e. The van der Waals surface area contributed by atoms with E-state index in [1.807, 2.05) is 4.90 Å². The summed E-state index contributed by atoms with van der Waals surface area (Å²) in [6.07, 6.45) is 0. The molecule has 3 heterocycles. The summed E-state index contributed by atoms with van der Waals surface area (Å²) in [6.45, 7) is 10.5. The van der Waals surface area contributed by atoms with Gasteiger partial charge in [-0.1, -0.05) is 168 Å². The van der Waals surface area contributed by atoms with Gasteiger partial charge in [-0.3, -0.25) is 0 Å². The number of benzene rings is 8. The molecule has 7 heteroatoms. The fourth-order valence-electron chi connectivity index (χ4n) is 10.4. The summed E-state index contributed by atoms with van der Waals surface area (Å²) in [7, 11) is 0. The minimum atomic E-state index is -0.592. The monoisotopic (exact) mass is 810 g/mol. The molecule has 3 aliphatic heterocycles. The van der Waals surface area contributed by atoms with E-state index in [0.717, 1.165) is 66.5 Å². The lowest BCUT2D eigenvalue weighted by Gasteiger charge is -2.48. The maximum Gasteiger partial charge on any atom is 0.249 e. The number of anilines is 5. The third-order valence-electron chi connectivity index (χ3n) is 12.9. The standard InChI is InChI=1S/C54H42B2F2N2S/c1-32(2)59(51-42(57)23-15-24-43(51)58)52-48(47-37(35-16-8-6-9-17-35)20-14-21-38(47)36-18-10-7-11-19-36)54-50-53-49(52)55(5)40-30-33(3)26-28-44(40)60(53)45-29-27-34(4)31-41(45)56(50)39-22-12-13-25-46(39)61-54/h6-32H,1-5H3. The van der Waals surface area contributed by atoms with E-state index in [0.29, 0.717) is 0 Å². The molecule has 3 aliphatic rings. The molecule has 11 rings (SSSR count). The van der Waals surface area contributed by atoms with Gasteiger partial charge in [-0.15, -0.1) is 0 Å². The summed E-state index contributed by atoms with van der Waals surface area (Å²) < 4.78 is 33.6. The van der Waals surface area contributed by atoms with Crippen molar-refractivity contribution in [3.8, 4) is 33.4 Å². The Kier molecular flexibility index (Phi) is 8.91. The van der Waals surface area contributed by atoms with E-state index in [1.165, 1.54) is 56.1 Å². The Bertz CT molecular complexity index is 3000. The average molecular weight is 811 g/mol. The summed E-state index contributed by atoms with van der Waals surface area (Å²) in [4.78, 5) is 6.76. The van der Waals surface area contributed by atoms with Crippen molar-refractivity contribution in [3.63, 3.8) is 0 Å². The fourth-order valence-corrected chi connectivity index (χ4v) is 11.7. The first-order chi connectivity index (χ1) is 29.7. The number of fused-ring (bicyclic) bond motifs is 7. The Morgan fingerprint density at radius 3 is 1.74 bits per heavy atom. The van der Waals surface area contributed by atoms with Crippen LogP contribution in [0.4, 0.5) is 37.2 Å². The summed E-state index contributed by atoms with van der Waals surface area (Å²) in [6, 6.07) is 54.1. The third-order valence-corrected chi connectivity index (χ3v) is 14.1. The lowest BCUT2D eigenvalue weighted by molar-refractivity contribution is 0.573. The third kappa shape index (κ3) is 5.70. The van der Waals surface area contributed by atoms with Gasteiger partial charge in [-0.25, -0.2) is 8.78 Å². The Morgan fingerprint density at radius 2 is 1.11 bits per heavy atom. The molecule has 8 aromatic rings. The van der Waals surface area contributed by atoms with E-state index in [-0.39, 0.29) is 25.2 Å². The average Bonchev–Trinajstić information content (AvgIpc) is 3.27. The highest BCUT2D eigenvalue weighted by Crippen LogP contribution is 2.54. The molecule has 0 amide bonds. The minimum Gasteiger partial charge on any atom is -0.334 e. The molecule has 0 bridgehead atoms. The number of rotatable bonds is 6. The van der Waals surface area contributed by atoms with Gasteiger partial charge in [0.05, 0.1) is 0 Å². The Balaban J connectivity index is 1.42. The van der Waals surface area contributed by atoms with Crippen molar-refractivity contribution in [1.82, 2.24) is 0 Å². The summed E-state index contributed by atoms with van der Waals surface area (Å²) in [5, 5.41) is 0. The second-order valence-corrected chi connectivity index (χ2v) is 18.0. The highest BCUT2D eigenvalue weighted by molar-refractivity contribution is 8.00. The Labute approximate surface area is 362 Å². The van der Waals surface area contributed by atoms with Crippen molar-refractivity contribution in [2.75, 3.05) is 9.80 Å². The van der Waals surface area contributed by atoms with Crippen LogP contribution in [0.2, 0.25) is 6.82 Å². The quantitative estimate of drug-likeness (QED) is 0.155. The van der Waals surface area contributed by atoms with E-state index in [4.69, 9.17) is 0 Å². The molecule has 0 aromatic heterocycles. The molecule has 8 aromatic carbocycles. The predicted molar refractivity (Wildman–Crippen MR) is 257 cm³/mol. The van der Waals surface area contributed by atoms with E-state index in [2.05, 4.69) is 179 Å². The molecule has 0 spiro atoms. The number of hydrogen-bond acceptors (Lipinski definition) is 3. The normalized spacial score (nSPS) is 13.1. The van der Waals surface area contributed by atoms with Gasteiger partial charge in [0.15, 0.2) is 0 Å². The van der Waals surface area contributed by atoms with Gasteiger partial charge in [-0.05, 0) is 96.7 Å². The molecule has 0 radical (unpaired) electrons. The van der Waals surface area contributed by atoms with Crippen LogP contribution in [-0.4, -0.2) is 19.5 Å². The van der Waals surface area contributed by atoms with Crippen molar-refractivity contribution < 1.29 is 8.78 Å². The molecular formula is C54H42B2F2N2S. The molecule has 0 aliphatic carbocycles. The topological polar surface area (TPSA) is 6.48 Å². The number of halogens is 2. The zero-order valence-electron chi connectivity index (χ0n) is 34.8. The van der Waals surface area contributed by atoms with Gasteiger partial charge < -0.3 is 9.80 Å². The molecule has 0 unspecified atom stereocenters. The van der Waals surface area contributed by atoms with Crippen LogP contribution >= 0.6 is 11.8 Å². The Hall–Kier alpha value is -6.30. The molecule has 0 fully saturated rings. The first kappa shape index (κ1) is 37.7. The van der Waals surface area contributed by atoms with Crippen LogP contribution in [0, 0.1) is 25.5 Å². The minimum absolute atomic E-state index is 0.0426. The lowest BCUT2D eigenvalue weighted by Crippen LogP contribution is -2.65. The van der Waals surface area contributed by atoms with Gasteiger partial charge in [0.2, 0.25) is 13.4 Å². The van der Waals surface area contributed by atoms with Gasteiger partial charge in [0.1, 0.15) is 17.3 Å². The van der Waals surface area contributed by atoms with Crippen molar-refractivity contribution in [3.05, 3.63) is 180 Å². The summed E-state index contributed by atoms with van der Waals surface area (Å²) >= 11 is 1.79. The molecule has 0 atom stereocenters. The van der Waals surface area contributed by atoms with Crippen molar-refractivity contribution in [2.24, 2.45) is 0 Å². The summed E-state index contributed by atoms with van der Waals surface area (Å²) in [5.41, 5.74) is 18.9. The van der Waals surface area contributed by atoms with Gasteiger partial charge in [0, 0.05) is 49.7 Å². The highest BCUT2D eigenvalue weighted by atomic mass is 32.2. The molecule has 294 valence electrons. The van der Waals surface area contributed by atoms with Crippen LogP contribution in [0.3, 0.4) is 0 Å². The van der Waals surface area contributed by atoms with E-state index < -0.39 is 11.6 Å². The first-order valence-electron chi connectivity index (χ1n) is 21.2. The number of aryl methyl sites for hydroxylation is 2. The van der Waals surface area contributed by atoms with Crippen molar-refractivity contribution in [2.45, 2.75) is 50.4 Å². The number of hydrogen-bond donors (Lipinski definition) is 0. The van der Waals surface area contributed by atoms with E-state index >= 15 is 8.78 Å². The van der Waals surface area contributed by atoms with E-state index in [1.54, 1.807) is 11.8 Å². The molecule has 2 nitrogen and oxygen atoms in total.